The summed E-state index contributed by atoms with van der Waals surface area (Å²) in [4.78, 5) is 19.2. The number of nitriles is 1. The Hall–Kier alpha value is -3.64. The maximum absolute atomic E-state index is 12.2. The Balaban J connectivity index is 1.62. The second-order valence-electron chi connectivity index (χ2n) is 8.04. The molecule has 1 atom stereocenters. The third kappa shape index (κ3) is 3.24. The highest BCUT2D eigenvalue weighted by atomic mass is 32.1. The van der Waals surface area contributed by atoms with Gasteiger partial charge in [-0.1, -0.05) is 6.07 Å². The lowest BCUT2D eigenvalue weighted by Crippen LogP contribution is -2.27. The van der Waals surface area contributed by atoms with E-state index < -0.39 is 0 Å². The molecule has 1 aromatic carbocycles. The van der Waals surface area contributed by atoms with E-state index in [1.54, 1.807) is 23.3 Å². The number of carbonyl (C=O) groups is 1. The molecule has 1 aliphatic rings. The number of aryl methyl sites for hydroxylation is 1. The van der Waals surface area contributed by atoms with Crippen molar-refractivity contribution in [3.8, 4) is 22.3 Å². The van der Waals surface area contributed by atoms with E-state index >= 15 is 0 Å². The Morgan fingerprint density at radius 1 is 1.38 bits per heavy atom. The van der Waals surface area contributed by atoms with Gasteiger partial charge in [-0.3, -0.25) is 4.79 Å². The lowest BCUT2D eigenvalue weighted by molar-refractivity contribution is -0.129. The highest BCUT2D eigenvalue weighted by molar-refractivity contribution is 7.22. The first-order chi connectivity index (χ1) is 15.5. The Morgan fingerprint density at radius 2 is 2.22 bits per heavy atom. The van der Waals surface area contributed by atoms with Gasteiger partial charge in [0.1, 0.15) is 24.0 Å². The zero-order valence-corrected chi connectivity index (χ0v) is 18.6. The van der Waals surface area contributed by atoms with Gasteiger partial charge in [-0.25, -0.2) is 9.50 Å². The summed E-state index contributed by atoms with van der Waals surface area (Å²) in [6.07, 6.45) is 2.18. The van der Waals surface area contributed by atoms with Crippen LogP contribution >= 0.6 is 11.3 Å². The van der Waals surface area contributed by atoms with Gasteiger partial charge in [0, 0.05) is 35.1 Å². The summed E-state index contributed by atoms with van der Waals surface area (Å²) in [6, 6.07) is 10.4. The van der Waals surface area contributed by atoms with E-state index in [-0.39, 0.29) is 18.2 Å². The van der Waals surface area contributed by atoms with Gasteiger partial charge >= 0.3 is 0 Å². The maximum Gasteiger partial charge on any atom is 0.236 e. The van der Waals surface area contributed by atoms with Crippen LogP contribution in [0.5, 0.6) is 5.75 Å². The van der Waals surface area contributed by atoms with Crippen molar-refractivity contribution in [1.29, 1.82) is 5.26 Å². The van der Waals surface area contributed by atoms with Crippen molar-refractivity contribution in [1.82, 2.24) is 19.5 Å². The molecule has 1 aliphatic heterocycles. The minimum absolute atomic E-state index is 0.0922. The molecule has 4 heterocycles. The SMILES string of the molecule is COc1cc(C)cc2cc(-c3cc([C@H]4CCN(C(=O)CC#N)C4)n4ncnc(N)c34)sc12. The molecule has 2 N–H and O–H groups in total. The molecule has 0 aliphatic carbocycles. The number of carbonyl (C=O) groups excluding carboxylic acids is 1. The number of likely N-dealkylation sites (tertiary alicyclic amines) is 1. The van der Waals surface area contributed by atoms with Crippen molar-refractivity contribution < 1.29 is 9.53 Å². The number of methoxy groups -OCH3 is 1. The molecule has 0 unspecified atom stereocenters. The third-order valence-electron chi connectivity index (χ3n) is 6.01. The number of hydrogen-bond donors (Lipinski definition) is 1. The average molecular weight is 447 g/mol. The monoisotopic (exact) mass is 446 g/mol. The van der Waals surface area contributed by atoms with Crippen molar-refractivity contribution in [2.75, 3.05) is 25.9 Å². The van der Waals surface area contributed by atoms with E-state index in [1.165, 1.54) is 6.33 Å². The van der Waals surface area contributed by atoms with Crippen LogP contribution in [0.4, 0.5) is 5.82 Å². The standard InChI is InChI=1S/C23H22N6O2S/c1-13-7-15-9-19(32-22(15)18(8-13)31-2)16-10-17(29-21(16)23(25)26-12-27-29)14-4-6-28(11-14)20(30)3-5-24/h7-10,12,14H,3-4,6,11H2,1-2H3,(H2,25,26,27)/t14-/m0/s1. The van der Waals surface area contributed by atoms with Crippen molar-refractivity contribution in [3.05, 3.63) is 41.9 Å². The van der Waals surface area contributed by atoms with Gasteiger partial charge in [0.05, 0.1) is 17.9 Å². The van der Waals surface area contributed by atoms with Gasteiger partial charge in [0.25, 0.3) is 0 Å². The fourth-order valence-electron chi connectivity index (χ4n) is 4.53. The Labute approximate surface area is 188 Å². The minimum atomic E-state index is -0.128. The largest absolute Gasteiger partial charge is 0.495 e. The second-order valence-corrected chi connectivity index (χ2v) is 9.10. The van der Waals surface area contributed by atoms with E-state index in [9.17, 15) is 4.79 Å². The van der Waals surface area contributed by atoms with Gasteiger partial charge in [0.2, 0.25) is 5.91 Å². The number of fused-ring (bicyclic) bond motifs is 2. The molecule has 1 amide bonds. The summed E-state index contributed by atoms with van der Waals surface area (Å²) in [5, 5.41) is 14.5. The molecule has 162 valence electrons. The van der Waals surface area contributed by atoms with Crippen LogP contribution in [0.3, 0.4) is 0 Å². The zero-order valence-electron chi connectivity index (χ0n) is 17.8. The fourth-order valence-corrected chi connectivity index (χ4v) is 5.68. The normalized spacial score (nSPS) is 16.0. The Bertz CT molecular complexity index is 1400. The summed E-state index contributed by atoms with van der Waals surface area (Å²) in [5.41, 5.74) is 10.2. The Kier molecular flexibility index (Phi) is 4.94. The van der Waals surface area contributed by atoms with E-state index in [4.69, 9.17) is 15.7 Å². The van der Waals surface area contributed by atoms with Crippen LogP contribution < -0.4 is 10.5 Å². The number of ether oxygens (including phenoxy) is 1. The Morgan fingerprint density at radius 3 is 3.00 bits per heavy atom. The van der Waals surface area contributed by atoms with Gasteiger partial charge in [-0.05, 0) is 42.5 Å². The summed E-state index contributed by atoms with van der Waals surface area (Å²) < 4.78 is 8.54. The molecular formula is C23H22N6O2S. The third-order valence-corrected chi connectivity index (χ3v) is 7.21. The molecule has 4 aromatic rings. The molecule has 3 aromatic heterocycles. The molecule has 0 bridgehead atoms. The summed E-state index contributed by atoms with van der Waals surface area (Å²) in [5.74, 6) is 1.25. The first kappa shape index (κ1) is 20.3. The summed E-state index contributed by atoms with van der Waals surface area (Å²) in [7, 11) is 1.69. The van der Waals surface area contributed by atoms with Crippen LogP contribution in [0.1, 0.15) is 30.0 Å². The average Bonchev–Trinajstić information content (AvgIpc) is 3.49. The van der Waals surface area contributed by atoms with E-state index in [2.05, 4.69) is 35.2 Å². The number of nitrogens with zero attached hydrogens (tertiary/aromatic N) is 5. The fraction of sp³-hybridized carbons (Fsp3) is 0.304. The van der Waals surface area contributed by atoms with Crippen LogP contribution in [0, 0.1) is 18.3 Å². The van der Waals surface area contributed by atoms with E-state index in [1.807, 2.05) is 16.7 Å². The topological polar surface area (TPSA) is 110 Å². The van der Waals surface area contributed by atoms with Crippen molar-refractivity contribution in [3.63, 3.8) is 0 Å². The highest BCUT2D eigenvalue weighted by Gasteiger charge is 2.31. The molecule has 8 nitrogen and oxygen atoms in total. The van der Waals surface area contributed by atoms with Crippen LogP contribution in [-0.4, -0.2) is 45.6 Å². The lowest BCUT2D eigenvalue weighted by Gasteiger charge is -2.14. The number of hydrogen-bond acceptors (Lipinski definition) is 7. The number of nitrogen functional groups attached to an aromatic ring is 1. The van der Waals surface area contributed by atoms with E-state index in [0.29, 0.717) is 18.9 Å². The molecule has 0 spiro atoms. The van der Waals surface area contributed by atoms with Crippen LogP contribution in [-0.2, 0) is 4.79 Å². The van der Waals surface area contributed by atoms with Crippen LogP contribution in [0.25, 0.3) is 26.0 Å². The number of rotatable bonds is 4. The second kappa shape index (κ2) is 7.80. The molecule has 32 heavy (non-hydrogen) atoms. The molecule has 1 fully saturated rings. The van der Waals surface area contributed by atoms with Crippen LogP contribution in [0.2, 0.25) is 0 Å². The van der Waals surface area contributed by atoms with Crippen molar-refractivity contribution in [2.24, 2.45) is 0 Å². The quantitative estimate of drug-likeness (QED) is 0.511. The van der Waals surface area contributed by atoms with Gasteiger partial charge in [0.15, 0.2) is 5.82 Å². The summed E-state index contributed by atoms with van der Waals surface area (Å²) in [6.45, 7) is 3.25. The number of nitrogens with two attached hydrogens (primary N) is 1. The van der Waals surface area contributed by atoms with Crippen molar-refractivity contribution >= 4 is 38.7 Å². The number of aromatic nitrogens is 3. The molecule has 1 saturated heterocycles. The highest BCUT2D eigenvalue weighted by Crippen LogP contribution is 2.43. The number of thiophene rings is 1. The number of benzene rings is 1. The van der Waals surface area contributed by atoms with Gasteiger partial charge < -0.3 is 15.4 Å². The molecule has 0 saturated carbocycles. The first-order valence-electron chi connectivity index (χ1n) is 10.4. The lowest BCUT2D eigenvalue weighted by atomic mass is 10.0. The van der Waals surface area contributed by atoms with Gasteiger partial charge in [-0.2, -0.15) is 10.4 Å². The number of amides is 1. The molecule has 9 heteroatoms. The first-order valence-corrected chi connectivity index (χ1v) is 11.2. The molecule has 0 radical (unpaired) electrons. The van der Waals surface area contributed by atoms with Gasteiger partial charge in [-0.15, -0.1) is 11.3 Å². The number of anilines is 1. The zero-order chi connectivity index (χ0) is 22.4. The molecular weight excluding hydrogens is 424 g/mol. The maximum atomic E-state index is 12.2. The molecule has 5 rings (SSSR count). The van der Waals surface area contributed by atoms with Crippen LogP contribution in [0.15, 0.2) is 30.6 Å². The smallest absolute Gasteiger partial charge is 0.236 e. The predicted octanol–water partition coefficient (Wildman–Crippen LogP) is 3.74. The predicted molar refractivity (Wildman–Crippen MR) is 124 cm³/mol. The van der Waals surface area contributed by atoms with E-state index in [0.717, 1.165) is 49.5 Å². The summed E-state index contributed by atoms with van der Waals surface area (Å²) >= 11 is 1.65. The minimum Gasteiger partial charge on any atom is -0.495 e. The van der Waals surface area contributed by atoms with Crippen molar-refractivity contribution in [2.45, 2.75) is 25.7 Å².